The molecule has 0 aromatic heterocycles. The van der Waals surface area contributed by atoms with Crippen molar-refractivity contribution in [1.29, 1.82) is 0 Å². The Balaban J connectivity index is 2.34. The molecule has 0 heterocycles. The Morgan fingerprint density at radius 1 is 1.12 bits per heavy atom. The van der Waals surface area contributed by atoms with Crippen LogP contribution in [-0.4, -0.2) is 24.5 Å². The van der Waals surface area contributed by atoms with E-state index >= 15 is 0 Å². The summed E-state index contributed by atoms with van der Waals surface area (Å²) >= 11 is 0. The van der Waals surface area contributed by atoms with Gasteiger partial charge in [0.05, 0.1) is 0 Å². The fourth-order valence-electron chi connectivity index (χ4n) is 1.81. The molecule has 0 radical (unpaired) electrons. The maximum Gasteiger partial charge on any atom is 0.0242 e. The van der Waals surface area contributed by atoms with E-state index in [1.54, 1.807) is 0 Å². The van der Waals surface area contributed by atoms with Crippen LogP contribution in [0.2, 0.25) is 0 Å². The van der Waals surface area contributed by atoms with E-state index in [4.69, 9.17) is 6.42 Å². The zero-order chi connectivity index (χ0) is 11.8. The molecule has 0 aliphatic carbocycles. The molecule has 0 unspecified atom stereocenters. The smallest absolute Gasteiger partial charge is 0.0242 e. The zero-order valence-corrected chi connectivity index (χ0v) is 10.4. The van der Waals surface area contributed by atoms with E-state index in [-0.39, 0.29) is 0 Å². The summed E-state index contributed by atoms with van der Waals surface area (Å²) < 4.78 is 0. The first kappa shape index (κ1) is 12.8. The van der Waals surface area contributed by atoms with Crippen LogP contribution in [0, 0.1) is 12.3 Å². The van der Waals surface area contributed by atoms with Gasteiger partial charge in [0.15, 0.2) is 0 Å². The van der Waals surface area contributed by atoms with Crippen molar-refractivity contribution < 1.29 is 0 Å². The number of aryl methyl sites for hydroxylation is 1. The summed E-state index contributed by atoms with van der Waals surface area (Å²) in [5, 5.41) is 0. The van der Waals surface area contributed by atoms with Gasteiger partial charge in [-0.2, -0.15) is 0 Å². The molecule has 1 nitrogen and oxygen atoms in total. The first-order valence-electron chi connectivity index (χ1n) is 6.08. The molecule has 0 bridgehead atoms. The van der Waals surface area contributed by atoms with E-state index in [2.05, 4.69) is 36.8 Å². The van der Waals surface area contributed by atoms with E-state index in [0.717, 1.165) is 25.1 Å². The van der Waals surface area contributed by atoms with Crippen molar-refractivity contribution in [3.63, 3.8) is 0 Å². The highest BCUT2D eigenvalue weighted by atomic mass is 15.1. The molecule has 1 aromatic rings. The summed E-state index contributed by atoms with van der Waals surface area (Å²) in [5.74, 6) is 2.64. The minimum atomic E-state index is 0.965. The monoisotopic (exact) mass is 215 g/mol. The van der Waals surface area contributed by atoms with Crippen LogP contribution in [-0.2, 0) is 6.42 Å². The van der Waals surface area contributed by atoms with E-state index in [1.807, 2.05) is 12.1 Å². The fraction of sp³-hybridized carbons (Fsp3) is 0.467. The van der Waals surface area contributed by atoms with Crippen LogP contribution in [0.25, 0.3) is 0 Å². The molecule has 0 fully saturated rings. The summed E-state index contributed by atoms with van der Waals surface area (Å²) in [5.41, 5.74) is 2.35. The lowest BCUT2D eigenvalue weighted by Crippen LogP contribution is -2.24. The Bertz CT molecular complexity index is 327. The van der Waals surface area contributed by atoms with Crippen LogP contribution in [0.5, 0.6) is 0 Å². The molecular weight excluding hydrogens is 194 g/mol. The third-order valence-corrected chi connectivity index (χ3v) is 2.95. The van der Waals surface area contributed by atoms with Crippen molar-refractivity contribution >= 4 is 0 Å². The maximum absolute atomic E-state index is 5.32. The largest absolute Gasteiger partial charge is 0.304 e. The van der Waals surface area contributed by atoms with E-state index < -0.39 is 0 Å². The van der Waals surface area contributed by atoms with Crippen LogP contribution >= 0.6 is 0 Å². The van der Waals surface area contributed by atoms with Crippen LogP contribution in [0.3, 0.4) is 0 Å². The van der Waals surface area contributed by atoms with Gasteiger partial charge in [-0.05, 0) is 50.2 Å². The SMILES string of the molecule is C#Cc1ccc(CCCN(CC)CC)cc1. The highest BCUT2D eigenvalue weighted by molar-refractivity contribution is 5.34. The van der Waals surface area contributed by atoms with Gasteiger partial charge in [0.25, 0.3) is 0 Å². The average Bonchev–Trinajstić information content (AvgIpc) is 2.35. The second-order valence-corrected chi connectivity index (χ2v) is 3.97. The second kappa shape index (κ2) is 7.09. The van der Waals surface area contributed by atoms with Crippen LogP contribution < -0.4 is 0 Å². The number of hydrogen-bond acceptors (Lipinski definition) is 1. The van der Waals surface area contributed by atoms with Crippen LogP contribution in [0.15, 0.2) is 24.3 Å². The molecule has 1 rings (SSSR count). The average molecular weight is 215 g/mol. The quantitative estimate of drug-likeness (QED) is 0.659. The molecule has 0 amide bonds. The van der Waals surface area contributed by atoms with Gasteiger partial charge in [-0.15, -0.1) is 6.42 Å². The number of terminal acetylenes is 1. The lowest BCUT2D eigenvalue weighted by Gasteiger charge is -2.17. The molecule has 0 aliphatic heterocycles. The van der Waals surface area contributed by atoms with E-state index in [1.165, 1.54) is 18.5 Å². The third kappa shape index (κ3) is 4.08. The Kier molecular flexibility index (Phi) is 5.67. The van der Waals surface area contributed by atoms with Gasteiger partial charge in [0, 0.05) is 5.56 Å². The highest BCUT2D eigenvalue weighted by Gasteiger charge is 1.99. The Morgan fingerprint density at radius 2 is 1.75 bits per heavy atom. The van der Waals surface area contributed by atoms with E-state index in [9.17, 15) is 0 Å². The van der Waals surface area contributed by atoms with Gasteiger partial charge < -0.3 is 4.90 Å². The second-order valence-electron chi connectivity index (χ2n) is 3.97. The van der Waals surface area contributed by atoms with Gasteiger partial charge in [0.1, 0.15) is 0 Å². The summed E-state index contributed by atoms with van der Waals surface area (Å²) in [6, 6.07) is 8.31. The summed E-state index contributed by atoms with van der Waals surface area (Å²) in [7, 11) is 0. The predicted molar refractivity (Wildman–Crippen MR) is 70.5 cm³/mol. The minimum absolute atomic E-state index is 0.965. The van der Waals surface area contributed by atoms with Crippen LogP contribution in [0.1, 0.15) is 31.4 Å². The Labute approximate surface area is 99.5 Å². The molecule has 86 valence electrons. The molecule has 0 aliphatic rings. The lowest BCUT2D eigenvalue weighted by atomic mass is 10.1. The topological polar surface area (TPSA) is 3.24 Å². The van der Waals surface area contributed by atoms with Crippen LogP contribution in [0.4, 0.5) is 0 Å². The Hall–Kier alpha value is -1.26. The highest BCUT2D eigenvalue weighted by Crippen LogP contribution is 2.06. The maximum atomic E-state index is 5.32. The number of hydrogen-bond donors (Lipinski definition) is 0. The predicted octanol–water partition coefficient (Wildman–Crippen LogP) is 2.94. The standard InChI is InChI=1S/C15H21N/c1-4-14-9-11-15(12-10-14)8-7-13-16(5-2)6-3/h1,9-12H,5-8,13H2,2-3H3. The van der Waals surface area contributed by atoms with Crippen molar-refractivity contribution in [2.45, 2.75) is 26.7 Å². The van der Waals surface area contributed by atoms with Crippen molar-refractivity contribution in [2.75, 3.05) is 19.6 Å². The molecule has 0 spiro atoms. The molecule has 16 heavy (non-hydrogen) atoms. The van der Waals surface area contributed by atoms with Gasteiger partial charge in [-0.25, -0.2) is 0 Å². The molecule has 0 atom stereocenters. The molecule has 0 N–H and O–H groups in total. The van der Waals surface area contributed by atoms with Gasteiger partial charge in [-0.1, -0.05) is 31.9 Å². The normalized spacial score (nSPS) is 10.4. The number of nitrogens with zero attached hydrogens (tertiary/aromatic N) is 1. The fourth-order valence-corrected chi connectivity index (χ4v) is 1.81. The molecule has 0 saturated heterocycles. The number of rotatable bonds is 6. The summed E-state index contributed by atoms with van der Waals surface area (Å²) in [6.45, 7) is 7.90. The lowest BCUT2D eigenvalue weighted by molar-refractivity contribution is 0.300. The molecule has 1 heteroatoms. The van der Waals surface area contributed by atoms with Gasteiger partial charge in [-0.3, -0.25) is 0 Å². The summed E-state index contributed by atoms with van der Waals surface area (Å²) in [6.07, 6.45) is 7.68. The van der Waals surface area contributed by atoms with Crippen molar-refractivity contribution in [1.82, 2.24) is 4.90 Å². The zero-order valence-electron chi connectivity index (χ0n) is 10.4. The van der Waals surface area contributed by atoms with Crippen molar-refractivity contribution in [3.05, 3.63) is 35.4 Å². The minimum Gasteiger partial charge on any atom is -0.304 e. The van der Waals surface area contributed by atoms with Crippen molar-refractivity contribution in [3.8, 4) is 12.3 Å². The Morgan fingerprint density at radius 3 is 2.25 bits per heavy atom. The summed E-state index contributed by atoms with van der Waals surface area (Å²) in [4.78, 5) is 2.45. The number of benzene rings is 1. The first-order valence-corrected chi connectivity index (χ1v) is 6.08. The molecular formula is C15H21N. The first-order chi connectivity index (χ1) is 7.80. The van der Waals surface area contributed by atoms with Gasteiger partial charge >= 0.3 is 0 Å². The molecule has 0 saturated carbocycles. The van der Waals surface area contributed by atoms with E-state index in [0.29, 0.717) is 0 Å². The van der Waals surface area contributed by atoms with Gasteiger partial charge in [0.2, 0.25) is 0 Å². The van der Waals surface area contributed by atoms with Crippen molar-refractivity contribution in [2.24, 2.45) is 0 Å². The molecule has 1 aromatic carbocycles. The third-order valence-electron chi connectivity index (χ3n) is 2.95.